The number of carboxylic acid groups (broad SMARTS) is 3. The molecule has 0 bridgehead atoms. The molecule has 10 heteroatoms. The molecule has 524 valence electrons. The molecule has 0 spiro atoms. The van der Waals surface area contributed by atoms with Gasteiger partial charge in [0, 0.05) is 41.5 Å². The van der Waals surface area contributed by atoms with E-state index in [2.05, 4.69) is 154 Å². The fourth-order valence-corrected chi connectivity index (χ4v) is 12.4. The average Bonchev–Trinajstić information content (AvgIpc) is 2.51. The predicted molar refractivity (Wildman–Crippen MR) is 382 cm³/mol. The third-order valence-corrected chi connectivity index (χ3v) is 18.0. The summed E-state index contributed by atoms with van der Waals surface area (Å²) < 4.78 is 3.34. The van der Waals surface area contributed by atoms with Gasteiger partial charge in [0.1, 0.15) is 25.2 Å². The minimum absolute atomic E-state index is 1.11. The van der Waals surface area contributed by atoms with Gasteiger partial charge in [0.25, 0.3) is 0 Å². The van der Waals surface area contributed by atoms with E-state index in [1.165, 1.54) is 306 Å². The van der Waals surface area contributed by atoms with Gasteiger partial charge in [-0.05, 0) is 38.5 Å². The molecule has 0 saturated carbocycles. The maximum absolute atomic E-state index is 10.1. The van der Waals surface area contributed by atoms with Crippen LogP contribution in [-0.2, 0) is 34.0 Å². The van der Waals surface area contributed by atoms with E-state index in [0.717, 1.165) is 33.1 Å². The van der Waals surface area contributed by atoms with Crippen LogP contribution in [0.3, 0.4) is 0 Å². The molecule has 0 aliphatic heterocycles. The number of benzene rings is 3. The lowest BCUT2D eigenvalue weighted by Gasteiger charge is -2.30. The summed E-state index contributed by atoms with van der Waals surface area (Å²) in [6.45, 7) is 14.2. The number of quaternary nitrogens is 3. The van der Waals surface area contributed by atoms with Crippen LogP contribution in [0.4, 0.5) is 0 Å². The van der Waals surface area contributed by atoms with Crippen LogP contribution in [0.1, 0.15) is 320 Å². The molecular weight excluding hydrogens is 1130 g/mol. The van der Waals surface area contributed by atoms with Gasteiger partial charge in [0.05, 0.1) is 67.9 Å². The van der Waals surface area contributed by atoms with Gasteiger partial charge in [-0.1, -0.05) is 343 Å². The lowest BCUT2D eigenvalue weighted by Crippen LogP contribution is -2.54. The molecule has 10 nitrogen and oxygen atoms in total. The summed E-state index contributed by atoms with van der Waals surface area (Å²) in [7, 11) is 14.2. The second kappa shape index (κ2) is 58.5. The molecule has 0 aliphatic rings. The Balaban J connectivity index is 0.00000122. The standard InChI is InChI=1S/3C25H46N.C6H8O7/c3*1-4-5-6-7-8-9-10-11-12-13-14-15-16-20-23-26(2,3)24-25-21-18-17-19-22-25;7-3(8)1-6(13,5(11)12)2-4(9)10/h3*17-19,21-22H,4-16,20,23-24H2,1-3H3;13H,1-2H2,(H,7,8)(H,9,10)(H,11,12)/q3*+1;/p-3. The molecule has 0 fully saturated rings. The summed E-state index contributed by atoms with van der Waals surface area (Å²) in [5.41, 5.74) is 1.41. The van der Waals surface area contributed by atoms with Crippen molar-refractivity contribution < 1.29 is 48.3 Å². The third kappa shape index (κ3) is 58.2. The molecular formula is C81H143N3O7. The van der Waals surface area contributed by atoms with Crippen molar-refractivity contribution in [2.24, 2.45) is 0 Å². The second-order valence-corrected chi connectivity index (χ2v) is 29.1. The van der Waals surface area contributed by atoms with Crippen LogP contribution in [0.2, 0.25) is 0 Å². The number of hydrogen-bond donors (Lipinski definition) is 1. The molecule has 0 heterocycles. The number of aliphatic hydroxyl groups is 1. The lowest BCUT2D eigenvalue weighted by molar-refractivity contribution is -0.903. The Hall–Kier alpha value is -4.09. The first-order valence-electron chi connectivity index (χ1n) is 37.6. The first-order valence-corrected chi connectivity index (χ1v) is 37.6. The highest BCUT2D eigenvalue weighted by Gasteiger charge is 2.29. The van der Waals surface area contributed by atoms with Crippen LogP contribution >= 0.6 is 0 Å². The van der Waals surface area contributed by atoms with Crippen molar-refractivity contribution in [1.29, 1.82) is 0 Å². The quantitative estimate of drug-likeness (QED) is 0.0438. The first kappa shape index (κ1) is 86.9. The van der Waals surface area contributed by atoms with Crippen molar-refractivity contribution in [3.05, 3.63) is 108 Å². The maximum atomic E-state index is 10.1. The van der Waals surface area contributed by atoms with E-state index in [1.807, 2.05) is 0 Å². The number of carbonyl (C=O) groups is 3. The molecule has 0 radical (unpaired) electrons. The van der Waals surface area contributed by atoms with Crippen LogP contribution in [0.5, 0.6) is 0 Å². The smallest absolute Gasteiger partial charge is 0.114 e. The van der Waals surface area contributed by atoms with Crippen LogP contribution < -0.4 is 15.3 Å². The molecule has 0 amide bonds. The van der Waals surface area contributed by atoms with Crippen LogP contribution in [0.25, 0.3) is 0 Å². The lowest BCUT2D eigenvalue weighted by atomic mass is 9.96. The van der Waals surface area contributed by atoms with E-state index in [-0.39, 0.29) is 0 Å². The van der Waals surface area contributed by atoms with Gasteiger partial charge in [-0.25, -0.2) is 0 Å². The first-order chi connectivity index (χ1) is 43.7. The zero-order valence-electron chi connectivity index (χ0n) is 60.8. The molecule has 0 saturated heterocycles. The monoisotopic (exact) mass is 1270 g/mol. The van der Waals surface area contributed by atoms with Crippen molar-refractivity contribution in [3.8, 4) is 0 Å². The molecule has 0 unspecified atom stereocenters. The van der Waals surface area contributed by atoms with Gasteiger partial charge < -0.3 is 48.3 Å². The Morgan fingerprint density at radius 1 is 0.297 bits per heavy atom. The van der Waals surface area contributed by atoms with Crippen molar-refractivity contribution in [2.75, 3.05) is 61.9 Å². The normalized spacial score (nSPS) is 11.7. The summed E-state index contributed by atoms with van der Waals surface area (Å²) in [5, 5.41) is 38.9. The highest BCUT2D eigenvalue weighted by Crippen LogP contribution is 2.20. The second-order valence-electron chi connectivity index (χ2n) is 29.1. The average molecular weight is 1270 g/mol. The zero-order valence-corrected chi connectivity index (χ0v) is 60.8. The van der Waals surface area contributed by atoms with Crippen molar-refractivity contribution in [1.82, 2.24) is 0 Å². The van der Waals surface area contributed by atoms with E-state index in [4.69, 9.17) is 5.11 Å². The summed E-state index contributed by atoms with van der Waals surface area (Å²) >= 11 is 0. The Kier molecular flexibility index (Phi) is 55.9. The number of aliphatic carboxylic acids is 3. The van der Waals surface area contributed by atoms with E-state index in [0.29, 0.717) is 0 Å². The number of nitrogens with zero attached hydrogens (tertiary/aromatic N) is 3. The van der Waals surface area contributed by atoms with Gasteiger partial charge in [0.15, 0.2) is 0 Å². The SMILES string of the molecule is CCCCCCCCCCCCCCCC[N+](C)(C)Cc1ccccc1.CCCCCCCCCCCCCCCC[N+](C)(C)Cc1ccccc1.CCCCCCCCCCCCCCCC[N+](C)(C)Cc1ccccc1.O=C([O-])CC(O)(CC(=O)[O-])C(=O)[O-]. The van der Waals surface area contributed by atoms with Crippen LogP contribution in [-0.4, -0.2) is 104 Å². The predicted octanol–water partition coefficient (Wildman–Crippen LogP) is 18.0. The third-order valence-electron chi connectivity index (χ3n) is 18.0. The van der Waals surface area contributed by atoms with E-state index < -0.39 is 36.4 Å². The molecule has 0 aromatic heterocycles. The number of hydrogen-bond acceptors (Lipinski definition) is 7. The zero-order chi connectivity index (χ0) is 67.4. The molecule has 3 aromatic carbocycles. The molecule has 0 aliphatic carbocycles. The Labute approximate surface area is 561 Å². The largest absolute Gasteiger partial charge is 0.550 e. The van der Waals surface area contributed by atoms with Crippen LogP contribution in [0, 0.1) is 0 Å². The van der Waals surface area contributed by atoms with Gasteiger partial charge in [-0.3, -0.25) is 0 Å². The molecule has 1 N–H and O–H groups in total. The fourth-order valence-electron chi connectivity index (χ4n) is 12.4. The molecule has 3 aromatic rings. The van der Waals surface area contributed by atoms with Crippen LogP contribution in [0.15, 0.2) is 91.0 Å². The van der Waals surface area contributed by atoms with Gasteiger partial charge >= 0.3 is 0 Å². The Morgan fingerprint density at radius 2 is 0.462 bits per heavy atom. The number of carbonyl (C=O) groups excluding carboxylic acids is 3. The number of rotatable bonds is 56. The van der Waals surface area contributed by atoms with Gasteiger partial charge in [0.2, 0.25) is 0 Å². The summed E-state index contributed by atoms with van der Waals surface area (Å²) in [4.78, 5) is 30.0. The van der Waals surface area contributed by atoms with E-state index in [9.17, 15) is 29.7 Å². The topological polar surface area (TPSA) is 141 Å². The minimum Gasteiger partial charge on any atom is -0.550 e. The highest BCUT2D eigenvalue weighted by molar-refractivity contribution is 5.86. The Morgan fingerprint density at radius 3 is 0.615 bits per heavy atom. The molecule has 3 rings (SSSR count). The summed E-state index contributed by atoms with van der Waals surface area (Å²) in [5.74, 6) is -5.98. The van der Waals surface area contributed by atoms with Crippen molar-refractivity contribution in [3.63, 3.8) is 0 Å². The number of carboxylic acids is 3. The Bertz CT molecular complexity index is 1870. The number of unbranched alkanes of at least 4 members (excludes halogenated alkanes) is 39. The minimum atomic E-state index is -2.97. The summed E-state index contributed by atoms with van der Waals surface area (Å²) in [6, 6.07) is 32.8. The molecule has 91 heavy (non-hydrogen) atoms. The van der Waals surface area contributed by atoms with E-state index in [1.54, 1.807) is 0 Å². The van der Waals surface area contributed by atoms with Crippen molar-refractivity contribution in [2.45, 2.75) is 329 Å². The van der Waals surface area contributed by atoms with Gasteiger partial charge in [-0.15, -0.1) is 0 Å². The molecule has 0 atom stereocenters. The van der Waals surface area contributed by atoms with Gasteiger partial charge in [-0.2, -0.15) is 0 Å². The maximum Gasteiger partial charge on any atom is 0.114 e. The van der Waals surface area contributed by atoms with Crippen molar-refractivity contribution >= 4 is 17.9 Å². The fraction of sp³-hybridized carbons (Fsp3) is 0.741. The summed E-state index contributed by atoms with van der Waals surface area (Å²) in [6.07, 6.45) is 57.8. The van der Waals surface area contributed by atoms with E-state index >= 15 is 0 Å². The highest BCUT2D eigenvalue weighted by atomic mass is 16.4.